The number of aliphatic hydroxyl groups excluding tert-OH is 1. The summed E-state index contributed by atoms with van der Waals surface area (Å²) in [5.41, 5.74) is 1.35. The number of nitrogens with one attached hydrogen (secondary N) is 2. The Morgan fingerprint density at radius 1 is 1.40 bits per heavy atom. The Kier molecular flexibility index (Phi) is 6.42. The van der Waals surface area contributed by atoms with Gasteiger partial charge in [0.2, 0.25) is 0 Å². The largest absolute Gasteiger partial charge is 0.396 e. The zero-order chi connectivity index (χ0) is 15.2. The standard InChI is InChI=1S/C14H25N3O2S/c1-5-14(6-2,7-8-18)9-16-12(19)11-10(3)17-20-13(11)15-4/h15,18H,5-9H2,1-4H3,(H,16,19). The zero-order valence-electron chi connectivity index (χ0n) is 12.7. The van der Waals surface area contributed by atoms with E-state index in [9.17, 15) is 9.90 Å². The zero-order valence-corrected chi connectivity index (χ0v) is 13.6. The fraction of sp³-hybridized carbons (Fsp3) is 0.714. The van der Waals surface area contributed by atoms with E-state index in [1.807, 2.05) is 6.92 Å². The lowest BCUT2D eigenvalue weighted by Crippen LogP contribution is -2.38. The van der Waals surface area contributed by atoms with E-state index < -0.39 is 0 Å². The molecule has 114 valence electrons. The molecule has 1 aromatic heterocycles. The van der Waals surface area contributed by atoms with E-state index in [1.165, 1.54) is 11.5 Å². The molecule has 0 aliphatic rings. The summed E-state index contributed by atoms with van der Waals surface area (Å²) in [6.07, 6.45) is 2.58. The Labute approximate surface area is 125 Å². The molecule has 0 atom stereocenters. The molecule has 0 saturated heterocycles. The van der Waals surface area contributed by atoms with Crippen molar-refractivity contribution in [3.05, 3.63) is 11.3 Å². The number of rotatable bonds is 8. The number of anilines is 1. The van der Waals surface area contributed by atoms with Gasteiger partial charge in [0, 0.05) is 20.2 Å². The van der Waals surface area contributed by atoms with Crippen LogP contribution in [0.3, 0.4) is 0 Å². The SMILES string of the molecule is CCC(CC)(CCO)CNC(=O)c1c(C)nsc1NC. The Hall–Kier alpha value is -1.14. The van der Waals surface area contributed by atoms with E-state index >= 15 is 0 Å². The highest BCUT2D eigenvalue weighted by atomic mass is 32.1. The fourth-order valence-electron chi connectivity index (χ4n) is 2.34. The summed E-state index contributed by atoms with van der Waals surface area (Å²) < 4.78 is 4.21. The molecule has 0 spiro atoms. The maximum atomic E-state index is 12.3. The van der Waals surface area contributed by atoms with Crippen LogP contribution in [0.15, 0.2) is 0 Å². The Morgan fingerprint density at radius 3 is 2.55 bits per heavy atom. The summed E-state index contributed by atoms with van der Waals surface area (Å²) >= 11 is 1.30. The predicted octanol–water partition coefficient (Wildman–Crippen LogP) is 2.41. The molecule has 1 amide bonds. The van der Waals surface area contributed by atoms with Crippen molar-refractivity contribution in [3.8, 4) is 0 Å². The van der Waals surface area contributed by atoms with Crippen LogP contribution in [-0.2, 0) is 0 Å². The summed E-state index contributed by atoms with van der Waals surface area (Å²) in [4.78, 5) is 12.3. The second-order valence-corrected chi connectivity index (χ2v) is 5.86. The van der Waals surface area contributed by atoms with Crippen LogP contribution in [0.25, 0.3) is 0 Å². The molecular weight excluding hydrogens is 274 g/mol. The monoisotopic (exact) mass is 299 g/mol. The maximum absolute atomic E-state index is 12.3. The van der Waals surface area contributed by atoms with Gasteiger partial charge >= 0.3 is 0 Å². The van der Waals surface area contributed by atoms with Crippen molar-refractivity contribution in [1.82, 2.24) is 9.69 Å². The maximum Gasteiger partial charge on any atom is 0.256 e. The molecule has 6 heteroatoms. The normalized spacial score (nSPS) is 11.4. The Balaban J connectivity index is 2.77. The van der Waals surface area contributed by atoms with E-state index in [0.717, 1.165) is 23.5 Å². The number of carbonyl (C=O) groups excluding carboxylic acids is 1. The smallest absolute Gasteiger partial charge is 0.256 e. The third-order valence-corrected chi connectivity index (χ3v) is 5.04. The number of hydrogen-bond donors (Lipinski definition) is 3. The van der Waals surface area contributed by atoms with Gasteiger partial charge in [-0.1, -0.05) is 13.8 Å². The van der Waals surface area contributed by atoms with Gasteiger partial charge in [0.25, 0.3) is 5.91 Å². The summed E-state index contributed by atoms with van der Waals surface area (Å²) in [7, 11) is 1.79. The van der Waals surface area contributed by atoms with Crippen LogP contribution in [-0.4, -0.2) is 35.6 Å². The second kappa shape index (κ2) is 7.59. The molecule has 0 aliphatic heterocycles. The van der Waals surface area contributed by atoms with Crippen molar-refractivity contribution in [3.63, 3.8) is 0 Å². The van der Waals surface area contributed by atoms with Gasteiger partial charge in [-0.3, -0.25) is 4.79 Å². The van der Waals surface area contributed by atoms with Crippen molar-refractivity contribution in [2.45, 2.75) is 40.0 Å². The van der Waals surface area contributed by atoms with Crippen LogP contribution in [0.2, 0.25) is 0 Å². The summed E-state index contributed by atoms with van der Waals surface area (Å²) in [5.74, 6) is -0.0928. The number of aromatic nitrogens is 1. The molecule has 0 unspecified atom stereocenters. The Morgan fingerprint density at radius 2 is 2.05 bits per heavy atom. The van der Waals surface area contributed by atoms with Gasteiger partial charge in [0.15, 0.2) is 0 Å². The number of aryl methyl sites for hydroxylation is 1. The molecule has 1 rings (SSSR count). The average molecular weight is 299 g/mol. The number of nitrogens with zero attached hydrogens (tertiary/aromatic N) is 1. The summed E-state index contributed by atoms with van der Waals surface area (Å²) in [5, 5.41) is 16.0. The topological polar surface area (TPSA) is 74.2 Å². The number of hydrogen-bond acceptors (Lipinski definition) is 5. The molecule has 20 heavy (non-hydrogen) atoms. The fourth-order valence-corrected chi connectivity index (χ4v) is 3.09. The summed E-state index contributed by atoms with van der Waals surface area (Å²) in [6.45, 7) is 6.77. The van der Waals surface area contributed by atoms with Gasteiger partial charge in [0.1, 0.15) is 5.00 Å². The van der Waals surface area contributed by atoms with Gasteiger partial charge < -0.3 is 15.7 Å². The van der Waals surface area contributed by atoms with Crippen molar-refractivity contribution >= 4 is 22.4 Å². The molecule has 0 saturated carbocycles. The number of carbonyl (C=O) groups is 1. The van der Waals surface area contributed by atoms with E-state index in [1.54, 1.807) is 7.05 Å². The van der Waals surface area contributed by atoms with Crippen LogP contribution in [0.1, 0.15) is 49.2 Å². The highest BCUT2D eigenvalue weighted by Gasteiger charge is 2.27. The lowest BCUT2D eigenvalue weighted by molar-refractivity contribution is 0.0907. The van der Waals surface area contributed by atoms with Gasteiger partial charge in [-0.05, 0) is 43.1 Å². The van der Waals surface area contributed by atoms with E-state index in [4.69, 9.17) is 0 Å². The molecule has 0 aromatic carbocycles. The molecule has 5 nitrogen and oxygen atoms in total. The first-order valence-corrected chi connectivity index (χ1v) is 7.84. The van der Waals surface area contributed by atoms with Crippen LogP contribution in [0.5, 0.6) is 0 Å². The minimum absolute atomic E-state index is 0.0262. The quantitative estimate of drug-likeness (QED) is 0.689. The van der Waals surface area contributed by atoms with Gasteiger partial charge in [-0.25, -0.2) is 0 Å². The highest BCUT2D eigenvalue weighted by molar-refractivity contribution is 7.10. The molecule has 0 radical (unpaired) electrons. The van der Waals surface area contributed by atoms with Crippen molar-refractivity contribution in [2.24, 2.45) is 5.41 Å². The Bertz CT molecular complexity index is 442. The van der Waals surface area contributed by atoms with E-state index in [-0.39, 0.29) is 17.9 Å². The van der Waals surface area contributed by atoms with Crippen molar-refractivity contribution < 1.29 is 9.90 Å². The predicted molar refractivity (Wildman–Crippen MR) is 83.4 cm³/mol. The molecule has 1 heterocycles. The van der Waals surface area contributed by atoms with Crippen LogP contribution in [0, 0.1) is 12.3 Å². The van der Waals surface area contributed by atoms with Crippen molar-refractivity contribution in [2.75, 3.05) is 25.5 Å². The first kappa shape index (κ1) is 16.9. The first-order chi connectivity index (χ1) is 9.53. The first-order valence-electron chi connectivity index (χ1n) is 7.06. The third-order valence-electron chi connectivity index (χ3n) is 4.08. The van der Waals surface area contributed by atoms with E-state index in [2.05, 4.69) is 28.9 Å². The van der Waals surface area contributed by atoms with Crippen LogP contribution >= 0.6 is 11.5 Å². The molecule has 3 N–H and O–H groups in total. The number of amides is 1. The average Bonchev–Trinajstić information content (AvgIpc) is 2.84. The summed E-state index contributed by atoms with van der Waals surface area (Å²) in [6, 6.07) is 0. The lowest BCUT2D eigenvalue weighted by atomic mass is 9.79. The lowest BCUT2D eigenvalue weighted by Gasteiger charge is -2.31. The van der Waals surface area contributed by atoms with Crippen molar-refractivity contribution in [1.29, 1.82) is 0 Å². The minimum Gasteiger partial charge on any atom is -0.396 e. The molecule has 0 fully saturated rings. The second-order valence-electron chi connectivity index (χ2n) is 5.09. The van der Waals surface area contributed by atoms with Crippen LogP contribution < -0.4 is 10.6 Å². The van der Waals surface area contributed by atoms with Crippen LogP contribution in [0.4, 0.5) is 5.00 Å². The number of aliphatic hydroxyl groups is 1. The highest BCUT2D eigenvalue weighted by Crippen LogP contribution is 2.30. The molecule has 0 aliphatic carbocycles. The van der Waals surface area contributed by atoms with Gasteiger partial charge in [-0.15, -0.1) is 0 Å². The molecular formula is C14H25N3O2S. The molecule has 0 bridgehead atoms. The van der Waals surface area contributed by atoms with Gasteiger partial charge in [0.05, 0.1) is 11.3 Å². The van der Waals surface area contributed by atoms with E-state index in [0.29, 0.717) is 18.5 Å². The third kappa shape index (κ3) is 3.70. The molecule has 1 aromatic rings. The minimum atomic E-state index is -0.0928. The van der Waals surface area contributed by atoms with Gasteiger partial charge in [-0.2, -0.15) is 4.37 Å².